The maximum atomic E-state index is 5.93. The van der Waals surface area contributed by atoms with Crippen LogP contribution in [0.2, 0.25) is 0 Å². The van der Waals surface area contributed by atoms with Crippen LogP contribution in [0.25, 0.3) is 0 Å². The van der Waals surface area contributed by atoms with E-state index < -0.39 is 0 Å². The molecular weight excluding hydrogens is 212 g/mol. The second kappa shape index (κ2) is 4.00. The van der Waals surface area contributed by atoms with E-state index >= 15 is 0 Å². The molecule has 0 bridgehead atoms. The van der Waals surface area contributed by atoms with Gasteiger partial charge in [-0.2, -0.15) is 0 Å². The van der Waals surface area contributed by atoms with Crippen LogP contribution in [0, 0.1) is 5.41 Å². The lowest BCUT2D eigenvalue weighted by Gasteiger charge is -2.26. The predicted molar refractivity (Wildman–Crippen MR) is 68.2 cm³/mol. The van der Waals surface area contributed by atoms with Crippen molar-refractivity contribution < 1.29 is 4.74 Å². The third kappa shape index (κ3) is 1.74. The smallest absolute Gasteiger partial charge is 0.122 e. The van der Waals surface area contributed by atoms with Gasteiger partial charge in [0, 0.05) is 17.9 Å². The number of nitrogens with one attached hydrogen (secondary N) is 1. The average Bonchev–Trinajstić information content (AvgIpc) is 3.00. The highest BCUT2D eigenvalue weighted by atomic mass is 16.5. The van der Waals surface area contributed by atoms with Crippen LogP contribution in [0.3, 0.4) is 0 Å². The number of ether oxygens (including phenoxy) is 1. The second-order valence-corrected chi connectivity index (χ2v) is 5.25. The Morgan fingerprint density at radius 3 is 2.94 bits per heavy atom. The standard InChI is InChI=1S/C14H20N2O/c1-16-13(14(9-15)5-6-14)11-2-3-12-10(8-11)4-7-17-12/h2-3,8,13,16H,4-7,9,15H2,1H3. The highest BCUT2D eigenvalue weighted by Crippen LogP contribution is 2.54. The fourth-order valence-electron chi connectivity index (χ4n) is 2.98. The number of hydrogen-bond donors (Lipinski definition) is 2. The van der Waals surface area contributed by atoms with Gasteiger partial charge in [0.2, 0.25) is 0 Å². The molecule has 3 heteroatoms. The Balaban J connectivity index is 1.92. The van der Waals surface area contributed by atoms with Gasteiger partial charge in [0.05, 0.1) is 6.61 Å². The Labute approximate surface area is 102 Å². The zero-order valence-corrected chi connectivity index (χ0v) is 10.3. The molecule has 3 nitrogen and oxygen atoms in total. The minimum atomic E-state index is 0.294. The summed E-state index contributed by atoms with van der Waals surface area (Å²) in [5, 5.41) is 3.44. The molecule has 1 unspecified atom stereocenters. The van der Waals surface area contributed by atoms with Crippen LogP contribution in [-0.4, -0.2) is 20.2 Å². The van der Waals surface area contributed by atoms with Gasteiger partial charge in [0.1, 0.15) is 5.75 Å². The minimum Gasteiger partial charge on any atom is -0.493 e. The lowest BCUT2D eigenvalue weighted by Crippen LogP contribution is -2.32. The highest BCUT2D eigenvalue weighted by Gasteiger charge is 2.48. The molecule has 3 rings (SSSR count). The molecule has 1 atom stereocenters. The van der Waals surface area contributed by atoms with Gasteiger partial charge in [-0.05, 0) is 43.6 Å². The molecule has 1 aliphatic carbocycles. The van der Waals surface area contributed by atoms with E-state index in [4.69, 9.17) is 10.5 Å². The summed E-state index contributed by atoms with van der Waals surface area (Å²) < 4.78 is 5.55. The Hall–Kier alpha value is -1.06. The van der Waals surface area contributed by atoms with Gasteiger partial charge in [-0.3, -0.25) is 0 Å². The van der Waals surface area contributed by atoms with Crippen molar-refractivity contribution in [2.24, 2.45) is 11.1 Å². The molecule has 3 N–H and O–H groups in total. The maximum absolute atomic E-state index is 5.93. The summed E-state index contributed by atoms with van der Waals surface area (Å²) >= 11 is 0. The average molecular weight is 232 g/mol. The predicted octanol–water partition coefficient (Wildman–Crippen LogP) is 1.62. The van der Waals surface area contributed by atoms with Crippen molar-refractivity contribution in [2.75, 3.05) is 20.2 Å². The van der Waals surface area contributed by atoms with E-state index in [0.29, 0.717) is 11.5 Å². The SMILES string of the molecule is CNC(c1ccc2c(c1)CCO2)C1(CN)CC1. The molecule has 2 aliphatic rings. The Morgan fingerprint density at radius 2 is 2.29 bits per heavy atom. The molecule has 0 saturated heterocycles. The van der Waals surface area contributed by atoms with Crippen molar-refractivity contribution >= 4 is 0 Å². The van der Waals surface area contributed by atoms with Crippen molar-refractivity contribution in [2.45, 2.75) is 25.3 Å². The van der Waals surface area contributed by atoms with Crippen LogP contribution in [0.1, 0.15) is 30.0 Å². The molecule has 0 spiro atoms. The van der Waals surface area contributed by atoms with Crippen molar-refractivity contribution in [1.29, 1.82) is 0 Å². The van der Waals surface area contributed by atoms with Crippen LogP contribution in [0.4, 0.5) is 0 Å². The molecule has 1 aromatic rings. The highest BCUT2D eigenvalue weighted by molar-refractivity contribution is 5.41. The van der Waals surface area contributed by atoms with Crippen molar-refractivity contribution in [3.8, 4) is 5.75 Å². The van der Waals surface area contributed by atoms with Gasteiger partial charge in [-0.25, -0.2) is 0 Å². The molecule has 0 aromatic heterocycles. The molecule has 1 aliphatic heterocycles. The van der Waals surface area contributed by atoms with E-state index in [0.717, 1.165) is 25.3 Å². The lowest BCUT2D eigenvalue weighted by molar-refractivity contribution is 0.355. The zero-order chi connectivity index (χ0) is 11.9. The van der Waals surface area contributed by atoms with Crippen molar-refractivity contribution in [3.05, 3.63) is 29.3 Å². The van der Waals surface area contributed by atoms with Crippen LogP contribution >= 0.6 is 0 Å². The monoisotopic (exact) mass is 232 g/mol. The quantitative estimate of drug-likeness (QED) is 0.829. The summed E-state index contributed by atoms with van der Waals surface area (Å²) in [4.78, 5) is 0. The number of rotatable bonds is 4. The lowest BCUT2D eigenvalue weighted by atomic mass is 9.89. The molecule has 1 fully saturated rings. The number of nitrogens with two attached hydrogens (primary N) is 1. The second-order valence-electron chi connectivity index (χ2n) is 5.25. The third-order valence-corrected chi connectivity index (χ3v) is 4.25. The van der Waals surface area contributed by atoms with Crippen LogP contribution in [-0.2, 0) is 6.42 Å². The summed E-state index contributed by atoms with van der Waals surface area (Å²) in [5.41, 5.74) is 8.93. The number of hydrogen-bond acceptors (Lipinski definition) is 3. The first-order chi connectivity index (χ1) is 8.29. The first-order valence-corrected chi connectivity index (χ1v) is 6.42. The molecule has 0 amide bonds. The molecule has 17 heavy (non-hydrogen) atoms. The maximum Gasteiger partial charge on any atom is 0.122 e. The van der Waals surface area contributed by atoms with E-state index in [-0.39, 0.29) is 0 Å². The third-order valence-electron chi connectivity index (χ3n) is 4.25. The largest absolute Gasteiger partial charge is 0.493 e. The van der Waals surface area contributed by atoms with Crippen LogP contribution in [0.15, 0.2) is 18.2 Å². The summed E-state index contributed by atoms with van der Waals surface area (Å²) in [6.07, 6.45) is 3.51. The Bertz CT molecular complexity index is 426. The fraction of sp³-hybridized carbons (Fsp3) is 0.571. The number of fused-ring (bicyclic) bond motifs is 1. The minimum absolute atomic E-state index is 0.294. The Morgan fingerprint density at radius 1 is 1.47 bits per heavy atom. The van der Waals surface area contributed by atoms with Gasteiger partial charge >= 0.3 is 0 Å². The summed E-state index contributed by atoms with van der Waals surface area (Å²) in [6.45, 7) is 1.59. The summed E-state index contributed by atoms with van der Waals surface area (Å²) in [6, 6.07) is 6.97. The number of benzene rings is 1. The van der Waals surface area contributed by atoms with Gasteiger partial charge in [0.25, 0.3) is 0 Å². The molecule has 1 heterocycles. The topological polar surface area (TPSA) is 47.3 Å². The van der Waals surface area contributed by atoms with Gasteiger partial charge in [-0.1, -0.05) is 12.1 Å². The fourth-order valence-corrected chi connectivity index (χ4v) is 2.98. The zero-order valence-electron chi connectivity index (χ0n) is 10.3. The molecule has 1 saturated carbocycles. The normalized spacial score (nSPS) is 21.8. The van der Waals surface area contributed by atoms with E-state index in [1.54, 1.807) is 0 Å². The molecule has 1 aromatic carbocycles. The molecule has 0 radical (unpaired) electrons. The van der Waals surface area contributed by atoms with Gasteiger partial charge in [0.15, 0.2) is 0 Å². The van der Waals surface area contributed by atoms with E-state index in [1.807, 2.05) is 7.05 Å². The first kappa shape index (κ1) is 11.1. The van der Waals surface area contributed by atoms with E-state index in [9.17, 15) is 0 Å². The van der Waals surface area contributed by atoms with E-state index in [1.165, 1.54) is 24.0 Å². The molecule has 92 valence electrons. The first-order valence-electron chi connectivity index (χ1n) is 6.42. The van der Waals surface area contributed by atoms with Crippen LogP contribution in [0.5, 0.6) is 5.75 Å². The van der Waals surface area contributed by atoms with Crippen molar-refractivity contribution in [3.63, 3.8) is 0 Å². The molecular formula is C14H20N2O. The summed E-state index contributed by atoms with van der Waals surface area (Å²) in [5.74, 6) is 1.06. The van der Waals surface area contributed by atoms with Gasteiger partial charge < -0.3 is 15.8 Å². The Kier molecular flexibility index (Phi) is 2.60. The van der Waals surface area contributed by atoms with Crippen LogP contribution < -0.4 is 15.8 Å². The van der Waals surface area contributed by atoms with Gasteiger partial charge in [-0.15, -0.1) is 0 Å². The van der Waals surface area contributed by atoms with E-state index in [2.05, 4.69) is 23.5 Å². The van der Waals surface area contributed by atoms with Crippen molar-refractivity contribution in [1.82, 2.24) is 5.32 Å². The summed E-state index contributed by atoms with van der Waals surface area (Å²) in [7, 11) is 2.03.